The predicted octanol–water partition coefficient (Wildman–Crippen LogP) is 3.27. The zero-order chi connectivity index (χ0) is 19.7. The molecule has 28 heavy (non-hydrogen) atoms. The first-order valence-electron chi connectivity index (χ1n) is 9.47. The SMILES string of the molecule is COc1ccc2cc(C(=O)N3CCCC(Oc4cc(C)nc(C)n4)C3)[nH]c2c1. The zero-order valence-electron chi connectivity index (χ0n) is 16.4. The number of aromatic amines is 1. The van der Waals surface area contributed by atoms with E-state index < -0.39 is 0 Å². The third-order valence-electron chi connectivity index (χ3n) is 4.96. The zero-order valence-corrected chi connectivity index (χ0v) is 16.4. The molecule has 1 amide bonds. The van der Waals surface area contributed by atoms with E-state index in [2.05, 4.69) is 15.0 Å². The summed E-state index contributed by atoms with van der Waals surface area (Å²) in [4.78, 5) is 26.7. The van der Waals surface area contributed by atoms with Gasteiger partial charge in [-0.25, -0.2) is 4.98 Å². The maximum absolute atomic E-state index is 13.0. The minimum absolute atomic E-state index is 0.0153. The van der Waals surface area contributed by atoms with Crippen molar-refractivity contribution in [2.24, 2.45) is 0 Å². The van der Waals surface area contributed by atoms with E-state index in [1.54, 1.807) is 7.11 Å². The second-order valence-electron chi connectivity index (χ2n) is 7.16. The number of benzene rings is 1. The van der Waals surface area contributed by atoms with Crippen molar-refractivity contribution in [1.29, 1.82) is 0 Å². The summed E-state index contributed by atoms with van der Waals surface area (Å²) in [5, 5.41) is 0.987. The molecule has 0 spiro atoms. The molecule has 146 valence electrons. The first kappa shape index (κ1) is 18.3. The minimum Gasteiger partial charge on any atom is -0.497 e. The molecule has 7 nitrogen and oxygen atoms in total. The Labute approximate surface area is 163 Å². The minimum atomic E-state index is -0.0733. The number of carbonyl (C=O) groups excluding carboxylic acids is 1. The molecule has 1 N–H and O–H groups in total. The number of aromatic nitrogens is 3. The molecule has 0 bridgehead atoms. The van der Waals surface area contributed by atoms with Crippen LogP contribution in [0, 0.1) is 13.8 Å². The molecule has 0 saturated carbocycles. The van der Waals surface area contributed by atoms with E-state index in [0.717, 1.165) is 41.7 Å². The molecule has 2 aromatic heterocycles. The van der Waals surface area contributed by atoms with E-state index >= 15 is 0 Å². The van der Waals surface area contributed by atoms with Crippen LogP contribution in [-0.4, -0.2) is 52.1 Å². The highest BCUT2D eigenvalue weighted by Crippen LogP contribution is 2.23. The standard InChI is InChI=1S/C21H24N4O3/c1-13-9-20(23-14(2)22-13)28-17-5-4-8-25(12-17)21(26)19-10-15-6-7-16(27-3)11-18(15)24-19/h6-7,9-11,17,24H,4-5,8,12H2,1-3H3. The van der Waals surface area contributed by atoms with Gasteiger partial charge < -0.3 is 19.4 Å². The van der Waals surface area contributed by atoms with Gasteiger partial charge in [0.25, 0.3) is 5.91 Å². The molecule has 1 saturated heterocycles. The maximum Gasteiger partial charge on any atom is 0.270 e. The van der Waals surface area contributed by atoms with Crippen LogP contribution in [0.4, 0.5) is 0 Å². The van der Waals surface area contributed by atoms with Crippen LogP contribution in [0.25, 0.3) is 10.9 Å². The number of H-pyrrole nitrogens is 1. The van der Waals surface area contributed by atoms with Crippen molar-refractivity contribution in [1.82, 2.24) is 19.9 Å². The van der Waals surface area contributed by atoms with Crippen LogP contribution in [0.1, 0.15) is 34.8 Å². The molecule has 0 radical (unpaired) electrons. The van der Waals surface area contributed by atoms with Crippen molar-refractivity contribution in [3.8, 4) is 11.6 Å². The Morgan fingerprint density at radius 3 is 2.86 bits per heavy atom. The number of hydrogen-bond donors (Lipinski definition) is 1. The van der Waals surface area contributed by atoms with Gasteiger partial charge in [0.05, 0.1) is 13.7 Å². The van der Waals surface area contributed by atoms with Gasteiger partial charge in [0.15, 0.2) is 0 Å². The van der Waals surface area contributed by atoms with Crippen molar-refractivity contribution in [2.75, 3.05) is 20.2 Å². The van der Waals surface area contributed by atoms with E-state index in [1.807, 2.05) is 49.1 Å². The summed E-state index contributed by atoms with van der Waals surface area (Å²) in [5.41, 5.74) is 2.34. The quantitative estimate of drug-likeness (QED) is 0.751. The number of likely N-dealkylation sites (tertiary alicyclic amines) is 1. The Morgan fingerprint density at radius 2 is 2.07 bits per heavy atom. The van der Waals surface area contributed by atoms with Crippen molar-refractivity contribution >= 4 is 16.8 Å². The van der Waals surface area contributed by atoms with Crippen LogP contribution >= 0.6 is 0 Å². The summed E-state index contributed by atoms with van der Waals surface area (Å²) in [6, 6.07) is 9.45. The van der Waals surface area contributed by atoms with Crippen LogP contribution in [0.3, 0.4) is 0 Å². The summed E-state index contributed by atoms with van der Waals surface area (Å²) >= 11 is 0. The maximum atomic E-state index is 13.0. The van der Waals surface area contributed by atoms with Crippen LogP contribution < -0.4 is 9.47 Å². The van der Waals surface area contributed by atoms with E-state index in [9.17, 15) is 4.79 Å². The van der Waals surface area contributed by atoms with Crippen LogP contribution in [0.5, 0.6) is 11.6 Å². The fourth-order valence-corrected chi connectivity index (χ4v) is 3.65. The topological polar surface area (TPSA) is 80.3 Å². The van der Waals surface area contributed by atoms with Crippen LogP contribution in [0.15, 0.2) is 30.3 Å². The number of methoxy groups -OCH3 is 1. The summed E-state index contributed by atoms with van der Waals surface area (Å²) in [6.07, 6.45) is 1.72. The van der Waals surface area contributed by atoms with E-state index in [4.69, 9.17) is 9.47 Å². The van der Waals surface area contributed by atoms with Crippen molar-refractivity contribution in [2.45, 2.75) is 32.8 Å². The highest BCUT2D eigenvalue weighted by atomic mass is 16.5. The summed E-state index contributed by atoms with van der Waals surface area (Å²) < 4.78 is 11.3. The molecule has 4 rings (SSSR count). The molecule has 3 aromatic rings. The number of nitrogens with zero attached hydrogens (tertiary/aromatic N) is 3. The molecule has 7 heteroatoms. The highest BCUT2D eigenvalue weighted by molar-refractivity contribution is 5.98. The number of carbonyl (C=O) groups is 1. The molecule has 1 atom stereocenters. The fourth-order valence-electron chi connectivity index (χ4n) is 3.65. The van der Waals surface area contributed by atoms with Gasteiger partial charge in [0, 0.05) is 35.3 Å². The Kier molecular flexibility index (Phi) is 4.90. The van der Waals surface area contributed by atoms with Gasteiger partial charge in [0.2, 0.25) is 5.88 Å². The number of piperidine rings is 1. The van der Waals surface area contributed by atoms with Gasteiger partial charge in [-0.2, -0.15) is 4.98 Å². The van der Waals surface area contributed by atoms with E-state index in [0.29, 0.717) is 23.9 Å². The Hall–Kier alpha value is -3.09. The normalized spacial score (nSPS) is 17.0. The average molecular weight is 380 g/mol. The third kappa shape index (κ3) is 3.78. The molecule has 1 fully saturated rings. The second-order valence-corrected chi connectivity index (χ2v) is 7.16. The highest BCUT2D eigenvalue weighted by Gasteiger charge is 2.27. The van der Waals surface area contributed by atoms with Gasteiger partial charge in [-0.3, -0.25) is 4.79 Å². The first-order chi connectivity index (χ1) is 13.5. The number of fused-ring (bicyclic) bond motifs is 1. The average Bonchev–Trinajstić information content (AvgIpc) is 3.10. The second kappa shape index (κ2) is 7.50. The van der Waals surface area contributed by atoms with Gasteiger partial charge in [-0.15, -0.1) is 0 Å². The number of amides is 1. The van der Waals surface area contributed by atoms with Crippen LogP contribution in [0.2, 0.25) is 0 Å². The summed E-state index contributed by atoms with van der Waals surface area (Å²) in [6.45, 7) is 5.03. The molecular formula is C21H24N4O3. The predicted molar refractivity (Wildman–Crippen MR) is 106 cm³/mol. The fraction of sp³-hybridized carbons (Fsp3) is 0.381. The number of aryl methyl sites for hydroxylation is 2. The smallest absolute Gasteiger partial charge is 0.270 e. The van der Waals surface area contributed by atoms with Crippen molar-refractivity contribution < 1.29 is 14.3 Å². The molecular weight excluding hydrogens is 356 g/mol. The number of nitrogens with one attached hydrogen (secondary N) is 1. The van der Waals surface area contributed by atoms with Crippen molar-refractivity contribution in [3.63, 3.8) is 0 Å². The first-order valence-corrected chi connectivity index (χ1v) is 9.47. The van der Waals surface area contributed by atoms with Gasteiger partial charge >= 0.3 is 0 Å². The summed E-state index contributed by atoms with van der Waals surface area (Å²) in [5.74, 6) is 2.00. The Bertz CT molecular complexity index is 994. The summed E-state index contributed by atoms with van der Waals surface area (Å²) in [7, 11) is 1.63. The molecule has 1 aromatic carbocycles. The molecule has 3 heterocycles. The Balaban J connectivity index is 1.48. The lowest BCUT2D eigenvalue weighted by molar-refractivity contribution is 0.0522. The molecule has 0 aliphatic carbocycles. The van der Waals surface area contributed by atoms with Gasteiger partial charge in [0.1, 0.15) is 23.4 Å². The lowest BCUT2D eigenvalue weighted by Gasteiger charge is -2.32. The number of rotatable bonds is 4. The van der Waals surface area contributed by atoms with Gasteiger partial charge in [-0.05, 0) is 44.9 Å². The molecule has 1 aliphatic rings. The largest absolute Gasteiger partial charge is 0.497 e. The number of ether oxygens (including phenoxy) is 2. The Morgan fingerprint density at radius 1 is 1.21 bits per heavy atom. The monoisotopic (exact) mass is 380 g/mol. The lowest BCUT2D eigenvalue weighted by Crippen LogP contribution is -2.44. The third-order valence-corrected chi connectivity index (χ3v) is 4.96. The number of hydrogen-bond acceptors (Lipinski definition) is 5. The van der Waals surface area contributed by atoms with Crippen LogP contribution in [-0.2, 0) is 0 Å². The lowest BCUT2D eigenvalue weighted by atomic mass is 10.1. The molecule has 1 unspecified atom stereocenters. The van der Waals surface area contributed by atoms with E-state index in [1.165, 1.54) is 0 Å². The van der Waals surface area contributed by atoms with Crippen molar-refractivity contribution in [3.05, 3.63) is 47.5 Å². The van der Waals surface area contributed by atoms with E-state index in [-0.39, 0.29) is 12.0 Å². The van der Waals surface area contributed by atoms with Gasteiger partial charge in [-0.1, -0.05) is 0 Å². The molecule has 1 aliphatic heterocycles.